The Hall–Kier alpha value is -2.81. The Morgan fingerprint density at radius 2 is 1.75 bits per heavy atom. The predicted octanol–water partition coefficient (Wildman–Crippen LogP) is 7.13. The summed E-state index contributed by atoms with van der Waals surface area (Å²) in [6, 6.07) is 18.2. The molecule has 1 N–H and O–H groups in total. The van der Waals surface area contributed by atoms with Gasteiger partial charge in [-0.15, -0.1) is 0 Å². The average molecular weight is 378 g/mol. The lowest BCUT2D eigenvalue weighted by Crippen LogP contribution is -2.10. The van der Waals surface area contributed by atoms with Crippen LogP contribution in [0.3, 0.4) is 0 Å². The zero-order valence-corrected chi connectivity index (χ0v) is 16.7. The zero-order chi connectivity index (χ0) is 20.1. The van der Waals surface area contributed by atoms with Crippen molar-refractivity contribution < 1.29 is 14.2 Å². The first-order valence-electron chi connectivity index (χ1n) is 9.81. The molecule has 0 fully saturated rings. The molecular weight excluding hydrogens is 351 g/mol. The molecule has 0 amide bonds. The van der Waals surface area contributed by atoms with E-state index in [0.717, 1.165) is 52.8 Å². The van der Waals surface area contributed by atoms with E-state index in [1.807, 2.05) is 31.2 Å². The minimum Gasteiger partial charge on any atom is -0.508 e. The van der Waals surface area contributed by atoms with Gasteiger partial charge in [-0.3, -0.25) is 0 Å². The molecule has 0 aromatic heterocycles. The van der Waals surface area contributed by atoms with E-state index in [9.17, 15) is 9.50 Å². The predicted molar refractivity (Wildman–Crippen MR) is 112 cm³/mol. The Kier molecular flexibility index (Phi) is 6.35. The van der Waals surface area contributed by atoms with Crippen molar-refractivity contribution in [2.75, 3.05) is 0 Å². The van der Waals surface area contributed by atoms with Crippen molar-refractivity contribution in [3.05, 3.63) is 83.2 Å². The lowest BCUT2D eigenvalue weighted by atomic mass is 9.92. The third kappa shape index (κ3) is 4.53. The number of aryl methyl sites for hydroxylation is 1. The maximum Gasteiger partial charge on any atom is 0.124 e. The van der Waals surface area contributed by atoms with E-state index >= 15 is 0 Å². The molecule has 2 nitrogen and oxygen atoms in total. The monoisotopic (exact) mass is 378 g/mol. The van der Waals surface area contributed by atoms with Gasteiger partial charge in [0, 0.05) is 0 Å². The number of unbranched alkanes of at least 4 members (excludes halogenated alkanes) is 1. The maximum atomic E-state index is 13.3. The number of phenols is 1. The topological polar surface area (TPSA) is 29.5 Å². The summed E-state index contributed by atoms with van der Waals surface area (Å²) in [4.78, 5) is 0. The number of rotatable bonds is 7. The van der Waals surface area contributed by atoms with Crippen LogP contribution in [0, 0.1) is 19.7 Å². The summed E-state index contributed by atoms with van der Waals surface area (Å²) in [6.07, 6.45) is 2.97. The van der Waals surface area contributed by atoms with Gasteiger partial charge in [-0.2, -0.15) is 0 Å². The summed E-state index contributed by atoms with van der Waals surface area (Å²) in [5.74, 6) is 0.791. The maximum absolute atomic E-state index is 13.3. The largest absolute Gasteiger partial charge is 0.508 e. The van der Waals surface area contributed by atoms with E-state index in [0.29, 0.717) is 0 Å². The van der Waals surface area contributed by atoms with Crippen molar-refractivity contribution in [2.24, 2.45) is 0 Å². The van der Waals surface area contributed by atoms with Gasteiger partial charge in [0.1, 0.15) is 23.4 Å². The fraction of sp³-hybridized carbons (Fsp3) is 0.280. The highest BCUT2D eigenvalue weighted by Gasteiger charge is 2.18. The molecule has 146 valence electrons. The summed E-state index contributed by atoms with van der Waals surface area (Å²) < 4.78 is 19.7. The molecule has 0 aliphatic heterocycles. The van der Waals surface area contributed by atoms with E-state index in [4.69, 9.17) is 4.74 Å². The van der Waals surface area contributed by atoms with Gasteiger partial charge in [-0.25, -0.2) is 4.39 Å². The molecule has 0 aliphatic rings. The molecule has 0 radical (unpaired) electrons. The zero-order valence-electron chi connectivity index (χ0n) is 16.7. The van der Waals surface area contributed by atoms with Gasteiger partial charge in [0.05, 0.1) is 0 Å². The van der Waals surface area contributed by atoms with Crippen LogP contribution in [0.1, 0.15) is 49.0 Å². The van der Waals surface area contributed by atoms with Crippen LogP contribution in [0.2, 0.25) is 0 Å². The van der Waals surface area contributed by atoms with E-state index in [1.165, 1.54) is 12.1 Å². The van der Waals surface area contributed by atoms with Crippen LogP contribution in [-0.2, 0) is 0 Å². The fourth-order valence-electron chi connectivity index (χ4n) is 3.48. The number of benzene rings is 3. The number of phenolic OH excluding ortho intramolecular Hbond substituents is 1. The normalized spacial score (nSPS) is 12.0. The minimum absolute atomic E-state index is 0.0794. The number of halogens is 1. The second-order valence-corrected chi connectivity index (χ2v) is 7.22. The van der Waals surface area contributed by atoms with Gasteiger partial charge in [0.15, 0.2) is 0 Å². The van der Waals surface area contributed by atoms with Crippen LogP contribution in [0.25, 0.3) is 11.1 Å². The van der Waals surface area contributed by atoms with Crippen molar-refractivity contribution in [1.82, 2.24) is 0 Å². The number of aromatic hydroxyl groups is 1. The molecule has 0 heterocycles. The molecule has 0 saturated heterocycles. The van der Waals surface area contributed by atoms with Crippen molar-refractivity contribution in [3.8, 4) is 22.6 Å². The summed E-state index contributed by atoms with van der Waals surface area (Å²) in [5, 5.41) is 9.78. The Morgan fingerprint density at radius 3 is 2.43 bits per heavy atom. The Balaban J connectivity index is 1.96. The first-order valence-corrected chi connectivity index (χ1v) is 9.81. The highest BCUT2D eigenvalue weighted by molar-refractivity contribution is 5.68. The first-order chi connectivity index (χ1) is 13.5. The second-order valence-electron chi connectivity index (χ2n) is 7.22. The summed E-state index contributed by atoms with van der Waals surface area (Å²) in [5.41, 5.74) is 5.16. The van der Waals surface area contributed by atoms with Gasteiger partial charge >= 0.3 is 0 Å². The lowest BCUT2D eigenvalue weighted by molar-refractivity contribution is 0.190. The van der Waals surface area contributed by atoms with Crippen molar-refractivity contribution in [1.29, 1.82) is 0 Å². The molecule has 28 heavy (non-hydrogen) atoms. The van der Waals surface area contributed by atoms with Crippen LogP contribution >= 0.6 is 0 Å². The number of hydrogen-bond donors (Lipinski definition) is 1. The summed E-state index contributed by atoms with van der Waals surface area (Å²) in [6.45, 7) is 6.13. The highest BCUT2D eigenvalue weighted by Crippen LogP contribution is 2.34. The van der Waals surface area contributed by atoms with E-state index in [2.05, 4.69) is 26.0 Å². The van der Waals surface area contributed by atoms with Crippen molar-refractivity contribution in [2.45, 2.75) is 46.1 Å². The number of hydrogen-bond acceptors (Lipinski definition) is 2. The summed E-state index contributed by atoms with van der Waals surface area (Å²) in [7, 11) is 0. The van der Waals surface area contributed by atoms with Crippen molar-refractivity contribution in [3.63, 3.8) is 0 Å². The Bertz CT molecular complexity index is 932. The molecule has 1 atom stereocenters. The molecule has 0 saturated carbocycles. The van der Waals surface area contributed by atoms with Crippen LogP contribution in [0.4, 0.5) is 4.39 Å². The molecule has 0 bridgehead atoms. The molecule has 3 aromatic rings. The lowest BCUT2D eigenvalue weighted by Gasteiger charge is -2.23. The van der Waals surface area contributed by atoms with E-state index in [-0.39, 0.29) is 17.7 Å². The first kappa shape index (κ1) is 19.9. The Morgan fingerprint density at radius 1 is 1.00 bits per heavy atom. The molecule has 0 aliphatic carbocycles. The molecule has 3 aromatic carbocycles. The van der Waals surface area contributed by atoms with Gasteiger partial charge < -0.3 is 9.84 Å². The minimum atomic E-state index is -0.232. The SMILES string of the molecule is CCCCC(Oc1ccc(O)c(C)c1)c1cccc(-c2ccc(F)cc2)c1C. The van der Waals surface area contributed by atoms with Crippen molar-refractivity contribution >= 4 is 0 Å². The number of ether oxygens (including phenoxy) is 1. The van der Waals surface area contributed by atoms with E-state index < -0.39 is 0 Å². The summed E-state index contributed by atoms with van der Waals surface area (Å²) >= 11 is 0. The molecular formula is C25H27FO2. The third-order valence-corrected chi connectivity index (χ3v) is 5.14. The molecule has 0 spiro atoms. The smallest absolute Gasteiger partial charge is 0.124 e. The van der Waals surface area contributed by atoms with Gasteiger partial charge in [0.2, 0.25) is 0 Å². The highest BCUT2D eigenvalue weighted by atomic mass is 19.1. The van der Waals surface area contributed by atoms with Gasteiger partial charge in [-0.05, 0) is 84.8 Å². The van der Waals surface area contributed by atoms with Crippen LogP contribution in [0.5, 0.6) is 11.5 Å². The molecule has 3 rings (SSSR count). The molecule has 3 heteroatoms. The standard InChI is InChI=1S/C25H27FO2/c1-4-5-9-25(28-21-14-15-24(27)17(2)16-21)23-8-6-7-22(18(23)3)19-10-12-20(26)13-11-19/h6-8,10-16,25,27H,4-5,9H2,1-3H3. The van der Waals surface area contributed by atoms with Gasteiger partial charge in [-0.1, -0.05) is 43.7 Å². The van der Waals surface area contributed by atoms with E-state index in [1.54, 1.807) is 12.1 Å². The second kappa shape index (κ2) is 8.92. The van der Waals surface area contributed by atoms with Crippen LogP contribution in [0.15, 0.2) is 60.7 Å². The molecule has 1 unspecified atom stereocenters. The fourth-order valence-corrected chi connectivity index (χ4v) is 3.48. The van der Waals surface area contributed by atoms with Gasteiger partial charge in [0.25, 0.3) is 0 Å². The Labute approximate surface area is 166 Å². The quantitative estimate of drug-likeness (QED) is 0.474. The van der Waals surface area contributed by atoms with Crippen LogP contribution in [-0.4, -0.2) is 5.11 Å². The average Bonchev–Trinajstić information content (AvgIpc) is 2.69. The van der Waals surface area contributed by atoms with Crippen LogP contribution < -0.4 is 4.74 Å². The third-order valence-electron chi connectivity index (χ3n) is 5.14.